The van der Waals surface area contributed by atoms with Crippen molar-refractivity contribution in [1.29, 1.82) is 0 Å². The molecule has 156 valence electrons. The van der Waals surface area contributed by atoms with Crippen molar-refractivity contribution >= 4 is 40.7 Å². The van der Waals surface area contributed by atoms with E-state index in [1.54, 1.807) is 35.2 Å². The molecule has 0 spiro atoms. The van der Waals surface area contributed by atoms with Gasteiger partial charge in [-0.25, -0.2) is 4.39 Å². The Bertz CT molecular complexity index is 854. The molecule has 0 atom stereocenters. The highest BCUT2D eigenvalue weighted by Gasteiger charge is 2.35. The van der Waals surface area contributed by atoms with Crippen molar-refractivity contribution in [1.82, 2.24) is 4.90 Å². The standard InChI is InChI=1S/C22H23Cl3FNO2/c23-17-4-3-5-18(15-17)29-13-2-1-8-22(26)9-11-27(12-10-22)21(28)16-6-7-19(24)20(25)14-16/h3-7,14-15H,1-2,8-13H2. The minimum atomic E-state index is -1.23. The fraction of sp³-hybridized carbons (Fsp3) is 0.409. The number of carbonyl (C=O) groups is 1. The summed E-state index contributed by atoms with van der Waals surface area (Å²) >= 11 is 17.8. The lowest BCUT2D eigenvalue weighted by Gasteiger charge is -2.36. The summed E-state index contributed by atoms with van der Waals surface area (Å²) in [6, 6.07) is 12.0. The summed E-state index contributed by atoms with van der Waals surface area (Å²) in [5.74, 6) is 0.585. The molecular weight excluding hydrogens is 436 g/mol. The van der Waals surface area contributed by atoms with Gasteiger partial charge in [0.15, 0.2) is 0 Å². The zero-order valence-electron chi connectivity index (χ0n) is 16.0. The molecule has 0 radical (unpaired) electrons. The number of unbranched alkanes of at least 4 members (excludes halogenated alkanes) is 1. The minimum absolute atomic E-state index is 0.138. The van der Waals surface area contributed by atoms with Gasteiger partial charge < -0.3 is 9.64 Å². The van der Waals surface area contributed by atoms with Gasteiger partial charge >= 0.3 is 0 Å². The summed E-state index contributed by atoms with van der Waals surface area (Å²) in [5.41, 5.74) is -0.756. The summed E-state index contributed by atoms with van der Waals surface area (Å²) in [5, 5.41) is 1.38. The van der Waals surface area contributed by atoms with E-state index < -0.39 is 5.67 Å². The van der Waals surface area contributed by atoms with E-state index in [4.69, 9.17) is 39.5 Å². The predicted molar refractivity (Wildman–Crippen MR) is 116 cm³/mol. The first-order valence-electron chi connectivity index (χ1n) is 9.68. The third kappa shape index (κ3) is 6.24. The van der Waals surface area contributed by atoms with Crippen molar-refractivity contribution in [3.05, 3.63) is 63.1 Å². The molecule has 3 rings (SSSR count). The van der Waals surface area contributed by atoms with Crippen LogP contribution in [0.3, 0.4) is 0 Å². The van der Waals surface area contributed by atoms with Crippen LogP contribution < -0.4 is 4.74 Å². The van der Waals surface area contributed by atoms with E-state index in [1.807, 2.05) is 12.1 Å². The number of benzene rings is 2. The Kier molecular flexibility index (Phi) is 7.66. The molecule has 3 nitrogen and oxygen atoms in total. The number of nitrogens with zero attached hydrogens (tertiary/aromatic N) is 1. The van der Waals surface area contributed by atoms with Crippen LogP contribution in [0.15, 0.2) is 42.5 Å². The van der Waals surface area contributed by atoms with Crippen molar-refractivity contribution < 1.29 is 13.9 Å². The molecule has 1 amide bonds. The quantitative estimate of drug-likeness (QED) is 0.425. The van der Waals surface area contributed by atoms with Gasteiger partial charge in [0.2, 0.25) is 0 Å². The summed E-state index contributed by atoms with van der Waals surface area (Å²) in [7, 11) is 0. The van der Waals surface area contributed by atoms with Crippen LogP contribution in [-0.2, 0) is 0 Å². The number of alkyl halides is 1. The Morgan fingerprint density at radius 3 is 2.48 bits per heavy atom. The average Bonchev–Trinajstić information content (AvgIpc) is 2.70. The number of piperidine rings is 1. The Labute approximate surface area is 185 Å². The van der Waals surface area contributed by atoms with Gasteiger partial charge in [0.25, 0.3) is 5.91 Å². The van der Waals surface area contributed by atoms with Crippen LogP contribution in [0.4, 0.5) is 4.39 Å². The number of halogens is 4. The second kappa shape index (κ2) is 10.0. The van der Waals surface area contributed by atoms with Crippen LogP contribution in [0, 0.1) is 0 Å². The molecule has 2 aromatic carbocycles. The third-order valence-corrected chi connectivity index (χ3v) is 6.17. The van der Waals surface area contributed by atoms with Gasteiger partial charge in [0.1, 0.15) is 11.4 Å². The molecule has 0 aliphatic carbocycles. The Morgan fingerprint density at radius 2 is 1.79 bits per heavy atom. The van der Waals surface area contributed by atoms with E-state index in [9.17, 15) is 4.79 Å². The van der Waals surface area contributed by atoms with Crippen LogP contribution in [-0.4, -0.2) is 36.2 Å². The summed E-state index contributed by atoms with van der Waals surface area (Å²) < 4.78 is 20.7. The maximum atomic E-state index is 15.1. The third-order valence-electron chi connectivity index (χ3n) is 5.20. The summed E-state index contributed by atoms with van der Waals surface area (Å²) in [4.78, 5) is 14.3. The van der Waals surface area contributed by atoms with Gasteiger partial charge in [-0.3, -0.25) is 4.79 Å². The highest BCUT2D eigenvalue weighted by Crippen LogP contribution is 2.33. The maximum Gasteiger partial charge on any atom is 0.253 e. The Balaban J connectivity index is 1.40. The van der Waals surface area contributed by atoms with E-state index in [0.717, 1.165) is 18.6 Å². The van der Waals surface area contributed by atoms with E-state index in [2.05, 4.69) is 0 Å². The lowest BCUT2D eigenvalue weighted by molar-refractivity contribution is 0.0382. The number of likely N-dealkylation sites (tertiary alicyclic amines) is 1. The summed E-state index contributed by atoms with van der Waals surface area (Å²) in [6.45, 7) is 1.32. The largest absolute Gasteiger partial charge is 0.494 e. The average molecular weight is 459 g/mol. The van der Waals surface area contributed by atoms with Gasteiger partial charge in [-0.1, -0.05) is 40.9 Å². The number of ether oxygens (including phenoxy) is 1. The molecule has 7 heteroatoms. The molecule has 0 aromatic heterocycles. The molecule has 0 saturated carbocycles. The number of amides is 1. The topological polar surface area (TPSA) is 29.5 Å². The molecule has 1 aliphatic rings. The molecule has 0 bridgehead atoms. The van der Waals surface area contributed by atoms with Gasteiger partial charge in [0.05, 0.1) is 16.7 Å². The van der Waals surface area contributed by atoms with E-state index in [1.165, 1.54) is 0 Å². The summed E-state index contributed by atoms with van der Waals surface area (Å²) in [6.07, 6.45) is 2.66. The minimum Gasteiger partial charge on any atom is -0.494 e. The number of rotatable bonds is 7. The first-order chi connectivity index (χ1) is 13.9. The second-order valence-electron chi connectivity index (χ2n) is 7.33. The smallest absolute Gasteiger partial charge is 0.253 e. The molecule has 2 aromatic rings. The number of carbonyl (C=O) groups excluding carboxylic acids is 1. The zero-order valence-corrected chi connectivity index (χ0v) is 18.2. The number of hydrogen-bond acceptors (Lipinski definition) is 2. The van der Waals surface area contributed by atoms with Crippen molar-refractivity contribution in [3.63, 3.8) is 0 Å². The Morgan fingerprint density at radius 1 is 1.03 bits per heavy atom. The molecule has 29 heavy (non-hydrogen) atoms. The molecule has 1 aliphatic heterocycles. The van der Waals surface area contributed by atoms with Gasteiger partial charge in [-0.2, -0.15) is 0 Å². The normalized spacial score (nSPS) is 15.9. The highest BCUT2D eigenvalue weighted by molar-refractivity contribution is 6.42. The number of hydrogen-bond donors (Lipinski definition) is 0. The molecule has 1 fully saturated rings. The van der Waals surface area contributed by atoms with Crippen LogP contribution in [0.25, 0.3) is 0 Å². The lowest BCUT2D eigenvalue weighted by atomic mass is 9.88. The first-order valence-corrected chi connectivity index (χ1v) is 10.8. The van der Waals surface area contributed by atoms with Crippen molar-refractivity contribution in [3.8, 4) is 5.75 Å². The van der Waals surface area contributed by atoms with Gasteiger partial charge in [-0.05, 0) is 68.5 Å². The molecule has 0 N–H and O–H groups in total. The zero-order chi connectivity index (χ0) is 20.9. The van der Waals surface area contributed by atoms with Gasteiger partial charge in [0, 0.05) is 23.7 Å². The molecular formula is C22H23Cl3FNO2. The predicted octanol–water partition coefficient (Wildman–Crippen LogP) is 6.84. The SMILES string of the molecule is O=C(c1ccc(Cl)c(Cl)c1)N1CCC(F)(CCCCOc2cccc(Cl)c2)CC1. The Hall–Kier alpha value is -1.49. The highest BCUT2D eigenvalue weighted by atomic mass is 35.5. The van der Waals surface area contributed by atoms with E-state index >= 15 is 4.39 Å². The first kappa shape index (κ1) is 22.2. The van der Waals surface area contributed by atoms with Crippen LogP contribution in [0.1, 0.15) is 42.5 Å². The second-order valence-corrected chi connectivity index (χ2v) is 8.59. The van der Waals surface area contributed by atoms with Crippen molar-refractivity contribution in [2.45, 2.75) is 37.8 Å². The van der Waals surface area contributed by atoms with Crippen LogP contribution >= 0.6 is 34.8 Å². The van der Waals surface area contributed by atoms with Crippen molar-refractivity contribution in [2.75, 3.05) is 19.7 Å². The molecule has 1 heterocycles. The van der Waals surface area contributed by atoms with Gasteiger partial charge in [-0.15, -0.1) is 0 Å². The van der Waals surface area contributed by atoms with Crippen molar-refractivity contribution in [2.24, 2.45) is 0 Å². The fourth-order valence-electron chi connectivity index (χ4n) is 3.46. The molecule has 0 unspecified atom stereocenters. The fourth-order valence-corrected chi connectivity index (χ4v) is 3.94. The van der Waals surface area contributed by atoms with E-state index in [0.29, 0.717) is 59.6 Å². The lowest BCUT2D eigenvalue weighted by Crippen LogP contribution is -2.44. The monoisotopic (exact) mass is 457 g/mol. The van der Waals surface area contributed by atoms with E-state index in [-0.39, 0.29) is 5.91 Å². The van der Waals surface area contributed by atoms with Crippen LogP contribution in [0.2, 0.25) is 15.1 Å². The molecule has 1 saturated heterocycles. The maximum absolute atomic E-state index is 15.1. The van der Waals surface area contributed by atoms with Crippen LogP contribution in [0.5, 0.6) is 5.75 Å².